The molecule has 3 aromatic heterocycles. The number of nitrogens with one attached hydrogen (secondary N) is 1. The van der Waals surface area contributed by atoms with E-state index in [9.17, 15) is 0 Å². The van der Waals surface area contributed by atoms with E-state index in [1.54, 1.807) is 18.6 Å². The highest BCUT2D eigenvalue weighted by molar-refractivity contribution is 5.76. The Bertz CT molecular complexity index is 686. The van der Waals surface area contributed by atoms with Crippen LogP contribution >= 0.6 is 0 Å². The van der Waals surface area contributed by atoms with Gasteiger partial charge in [0.2, 0.25) is 0 Å². The van der Waals surface area contributed by atoms with Gasteiger partial charge >= 0.3 is 0 Å². The second kappa shape index (κ2) is 3.55. The summed E-state index contributed by atoms with van der Waals surface area (Å²) in [5, 5.41) is 0. The second-order valence-corrected chi connectivity index (χ2v) is 3.98. The maximum atomic E-state index is 5.69. The van der Waals surface area contributed by atoms with Crippen LogP contribution in [0.3, 0.4) is 0 Å². The molecular formula is C12H11N5. The SMILES string of the molecule is Cc1cnc2nc(-c3cncc(N)c3)[nH]c2c1. The first-order chi connectivity index (χ1) is 8.22. The summed E-state index contributed by atoms with van der Waals surface area (Å²) in [6.07, 6.45) is 5.13. The molecule has 0 unspecified atom stereocenters. The second-order valence-electron chi connectivity index (χ2n) is 3.98. The van der Waals surface area contributed by atoms with E-state index in [0.717, 1.165) is 22.5 Å². The topological polar surface area (TPSA) is 80.5 Å². The molecule has 3 rings (SSSR count). The van der Waals surface area contributed by atoms with Crippen LogP contribution in [0.1, 0.15) is 5.56 Å². The van der Waals surface area contributed by atoms with E-state index in [1.165, 1.54) is 0 Å². The summed E-state index contributed by atoms with van der Waals surface area (Å²) in [7, 11) is 0. The van der Waals surface area contributed by atoms with Gasteiger partial charge in [-0.05, 0) is 24.6 Å². The van der Waals surface area contributed by atoms with Crippen LogP contribution in [0.2, 0.25) is 0 Å². The zero-order valence-corrected chi connectivity index (χ0v) is 9.31. The van der Waals surface area contributed by atoms with Gasteiger partial charge in [-0.3, -0.25) is 4.98 Å². The van der Waals surface area contributed by atoms with Crippen LogP contribution in [0, 0.1) is 6.92 Å². The average Bonchev–Trinajstić information content (AvgIpc) is 2.72. The summed E-state index contributed by atoms with van der Waals surface area (Å²) in [4.78, 5) is 15.9. The van der Waals surface area contributed by atoms with Crippen LogP contribution in [0.5, 0.6) is 0 Å². The molecule has 5 heteroatoms. The van der Waals surface area contributed by atoms with Gasteiger partial charge < -0.3 is 10.7 Å². The van der Waals surface area contributed by atoms with E-state index >= 15 is 0 Å². The Morgan fingerprint density at radius 1 is 1.18 bits per heavy atom. The highest BCUT2D eigenvalue weighted by Gasteiger charge is 2.06. The standard InChI is InChI=1S/C12H11N5/c1-7-2-10-12(15-4-7)17-11(16-10)8-3-9(13)6-14-5-8/h2-6H,13H2,1H3,(H,15,16,17). The molecule has 0 atom stereocenters. The van der Waals surface area contributed by atoms with Crippen molar-refractivity contribution in [1.82, 2.24) is 19.9 Å². The van der Waals surface area contributed by atoms with Crippen LogP contribution < -0.4 is 5.73 Å². The van der Waals surface area contributed by atoms with Crippen molar-refractivity contribution in [2.45, 2.75) is 6.92 Å². The minimum Gasteiger partial charge on any atom is -0.397 e. The summed E-state index contributed by atoms with van der Waals surface area (Å²) in [6.45, 7) is 2.00. The number of rotatable bonds is 1. The lowest BCUT2D eigenvalue weighted by Crippen LogP contribution is -1.88. The molecule has 0 aliphatic heterocycles. The first kappa shape index (κ1) is 9.77. The Kier molecular flexibility index (Phi) is 2.04. The number of imidazole rings is 1. The molecule has 0 saturated carbocycles. The summed E-state index contributed by atoms with van der Waals surface area (Å²) in [5.41, 5.74) is 9.89. The van der Waals surface area contributed by atoms with Crippen molar-refractivity contribution in [2.24, 2.45) is 0 Å². The minimum atomic E-state index is 0.618. The molecule has 3 aromatic rings. The first-order valence-electron chi connectivity index (χ1n) is 5.25. The van der Waals surface area contributed by atoms with Gasteiger partial charge in [0.1, 0.15) is 5.82 Å². The van der Waals surface area contributed by atoms with Gasteiger partial charge in [0.25, 0.3) is 0 Å². The Labute approximate surface area is 97.7 Å². The maximum absolute atomic E-state index is 5.69. The molecule has 0 aliphatic rings. The third kappa shape index (κ3) is 1.71. The van der Waals surface area contributed by atoms with Crippen LogP contribution in [-0.4, -0.2) is 19.9 Å². The predicted molar refractivity (Wildman–Crippen MR) is 66.3 cm³/mol. The third-order valence-corrected chi connectivity index (χ3v) is 2.51. The molecule has 0 spiro atoms. The van der Waals surface area contributed by atoms with E-state index in [4.69, 9.17) is 5.73 Å². The minimum absolute atomic E-state index is 0.618. The predicted octanol–water partition coefficient (Wildman–Crippen LogP) is 1.91. The normalized spacial score (nSPS) is 10.9. The highest BCUT2D eigenvalue weighted by Crippen LogP contribution is 2.20. The molecule has 0 fully saturated rings. The summed E-state index contributed by atoms with van der Waals surface area (Å²) < 4.78 is 0. The molecular weight excluding hydrogens is 214 g/mol. The molecule has 0 radical (unpaired) electrons. The average molecular weight is 225 g/mol. The molecule has 17 heavy (non-hydrogen) atoms. The number of nitrogens with zero attached hydrogens (tertiary/aromatic N) is 3. The van der Waals surface area contributed by atoms with E-state index < -0.39 is 0 Å². The van der Waals surface area contributed by atoms with Crippen molar-refractivity contribution in [3.05, 3.63) is 36.3 Å². The zero-order chi connectivity index (χ0) is 11.8. The molecule has 0 saturated heterocycles. The number of H-pyrrole nitrogens is 1. The molecule has 3 N–H and O–H groups in total. The van der Waals surface area contributed by atoms with Crippen molar-refractivity contribution < 1.29 is 0 Å². The van der Waals surface area contributed by atoms with Crippen molar-refractivity contribution in [2.75, 3.05) is 5.73 Å². The van der Waals surface area contributed by atoms with Gasteiger partial charge in [-0.1, -0.05) is 0 Å². The van der Waals surface area contributed by atoms with E-state index in [2.05, 4.69) is 19.9 Å². The smallest absolute Gasteiger partial charge is 0.178 e. The third-order valence-electron chi connectivity index (χ3n) is 2.51. The van der Waals surface area contributed by atoms with Gasteiger partial charge in [-0.25, -0.2) is 9.97 Å². The quantitative estimate of drug-likeness (QED) is 0.663. The first-order valence-corrected chi connectivity index (χ1v) is 5.25. The van der Waals surface area contributed by atoms with Crippen molar-refractivity contribution in [3.63, 3.8) is 0 Å². The number of anilines is 1. The van der Waals surface area contributed by atoms with Gasteiger partial charge in [0.05, 0.1) is 11.2 Å². The summed E-state index contributed by atoms with van der Waals surface area (Å²) in [6, 6.07) is 3.84. The van der Waals surface area contributed by atoms with Crippen molar-refractivity contribution >= 4 is 16.9 Å². The zero-order valence-electron chi connectivity index (χ0n) is 9.31. The van der Waals surface area contributed by atoms with Crippen LogP contribution in [-0.2, 0) is 0 Å². The van der Waals surface area contributed by atoms with Gasteiger partial charge in [0, 0.05) is 24.2 Å². The fraction of sp³-hybridized carbons (Fsp3) is 0.0833. The molecule has 84 valence electrons. The van der Waals surface area contributed by atoms with Gasteiger partial charge in [0.15, 0.2) is 5.65 Å². The molecule has 0 bridgehead atoms. The number of aryl methyl sites for hydroxylation is 1. The Morgan fingerprint density at radius 3 is 2.88 bits per heavy atom. The van der Waals surface area contributed by atoms with E-state index in [0.29, 0.717) is 11.3 Å². The monoisotopic (exact) mass is 225 g/mol. The molecule has 0 aliphatic carbocycles. The Morgan fingerprint density at radius 2 is 2.06 bits per heavy atom. The lowest BCUT2D eigenvalue weighted by Gasteiger charge is -1.96. The van der Waals surface area contributed by atoms with Crippen LogP contribution in [0.15, 0.2) is 30.7 Å². The Balaban J connectivity index is 2.18. The number of aromatic amines is 1. The van der Waals surface area contributed by atoms with Crippen molar-refractivity contribution in [3.8, 4) is 11.4 Å². The number of aromatic nitrogens is 4. The fourth-order valence-corrected chi connectivity index (χ4v) is 1.73. The molecule has 5 nitrogen and oxygen atoms in total. The maximum Gasteiger partial charge on any atom is 0.178 e. The van der Waals surface area contributed by atoms with E-state index in [-0.39, 0.29) is 0 Å². The fourth-order valence-electron chi connectivity index (χ4n) is 1.73. The lowest BCUT2D eigenvalue weighted by molar-refractivity contribution is 1.26. The Hall–Kier alpha value is -2.43. The number of nitrogen functional groups attached to an aromatic ring is 1. The van der Waals surface area contributed by atoms with E-state index in [1.807, 2.05) is 19.1 Å². The van der Waals surface area contributed by atoms with Gasteiger partial charge in [-0.2, -0.15) is 0 Å². The van der Waals surface area contributed by atoms with Gasteiger partial charge in [-0.15, -0.1) is 0 Å². The number of fused-ring (bicyclic) bond motifs is 1. The van der Waals surface area contributed by atoms with Crippen LogP contribution in [0.25, 0.3) is 22.6 Å². The number of nitrogens with two attached hydrogens (primary N) is 1. The van der Waals surface area contributed by atoms with Crippen molar-refractivity contribution in [1.29, 1.82) is 0 Å². The molecule has 0 amide bonds. The summed E-state index contributed by atoms with van der Waals surface area (Å²) >= 11 is 0. The largest absolute Gasteiger partial charge is 0.397 e. The molecule has 0 aromatic carbocycles. The summed E-state index contributed by atoms with van der Waals surface area (Å²) in [5.74, 6) is 0.734. The lowest BCUT2D eigenvalue weighted by atomic mass is 10.2. The molecule has 3 heterocycles. The number of hydrogen-bond donors (Lipinski definition) is 2. The van der Waals surface area contributed by atoms with Crippen LogP contribution in [0.4, 0.5) is 5.69 Å². The number of pyridine rings is 2. The highest BCUT2D eigenvalue weighted by atomic mass is 15.0. The number of hydrogen-bond acceptors (Lipinski definition) is 4.